The van der Waals surface area contributed by atoms with Crippen molar-refractivity contribution in [2.45, 2.75) is 11.8 Å². The predicted molar refractivity (Wildman–Crippen MR) is 42.7 cm³/mol. The third-order valence-corrected chi connectivity index (χ3v) is 0.618. The highest BCUT2D eigenvalue weighted by Gasteiger charge is 1.83. The van der Waals surface area contributed by atoms with Crippen LogP contribution in [0.15, 0.2) is 0 Å². The molecular formula is C4H6Cl4O. The van der Waals surface area contributed by atoms with E-state index in [-0.39, 0.29) is 10.7 Å². The van der Waals surface area contributed by atoms with Gasteiger partial charge in [0.1, 0.15) is 4.84 Å². The Morgan fingerprint density at radius 2 is 1.67 bits per heavy atom. The van der Waals surface area contributed by atoms with E-state index in [0.717, 1.165) is 0 Å². The summed E-state index contributed by atoms with van der Waals surface area (Å²) in [6, 6.07) is 0. The zero-order valence-corrected chi connectivity index (χ0v) is 7.73. The number of hydrogen-bond donors (Lipinski definition) is 0. The van der Waals surface area contributed by atoms with Crippen LogP contribution in [-0.4, -0.2) is 16.0 Å². The molecule has 0 atom stereocenters. The normalized spacial score (nSPS) is 8.22. The molecule has 0 aliphatic rings. The maximum absolute atomic E-state index is 9.45. The van der Waals surface area contributed by atoms with Crippen molar-refractivity contribution in [3.63, 3.8) is 0 Å². The monoisotopic (exact) mass is 210 g/mol. The first-order chi connectivity index (χ1) is 4.00. The number of halogens is 4. The minimum Gasteiger partial charge on any atom is -0.280 e. The lowest BCUT2D eigenvalue weighted by molar-refractivity contribution is -0.109. The van der Waals surface area contributed by atoms with Crippen LogP contribution >= 0.6 is 46.4 Å². The smallest absolute Gasteiger partial charge is 0.236 e. The van der Waals surface area contributed by atoms with Gasteiger partial charge in [-0.2, -0.15) is 0 Å². The summed E-state index contributed by atoms with van der Waals surface area (Å²) in [6.07, 6.45) is 0. The van der Waals surface area contributed by atoms with Crippen LogP contribution in [0.3, 0.4) is 0 Å². The minimum atomic E-state index is -0.508. The Morgan fingerprint density at radius 3 is 1.67 bits per heavy atom. The summed E-state index contributed by atoms with van der Waals surface area (Å²) in [7, 11) is 0. The second kappa shape index (κ2) is 8.83. The fourth-order valence-electron chi connectivity index (χ4n) is 0. The molecule has 0 aromatic carbocycles. The van der Waals surface area contributed by atoms with Gasteiger partial charge < -0.3 is 0 Å². The molecule has 1 nitrogen and oxygen atoms in total. The zero-order valence-electron chi connectivity index (χ0n) is 4.70. The van der Waals surface area contributed by atoms with Gasteiger partial charge in [0.05, 0.1) is 5.88 Å². The number of rotatable bonds is 1. The van der Waals surface area contributed by atoms with Crippen molar-refractivity contribution < 1.29 is 4.79 Å². The lowest BCUT2D eigenvalue weighted by atomic mass is 10.9. The summed E-state index contributed by atoms with van der Waals surface area (Å²) in [5.41, 5.74) is 0. The van der Waals surface area contributed by atoms with Gasteiger partial charge >= 0.3 is 0 Å². The maximum atomic E-state index is 9.45. The molecular weight excluding hydrogens is 206 g/mol. The maximum Gasteiger partial charge on any atom is 0.236 e. The Morgan fingerprint density at radius 1 is 1.56 bits per heavy atom. The highest BCUT2D eigenvalue weighted by molar-refractivity contribution is 6.67. The highest BCUT2D eigenvalue weighted by atomic mass is 35.5. The molecule has 0 N–H and O–H groups in total. The molecule has 9 heavy (non-hydrogen) atoms. The van der Waals surface area contributed by atoms with Crippen molar-refractivity contribution in [1.29, 1.82) is 0 Å². The topological polar surface area (TPSA) is 17.1 Å². The van der Waals surface area contributed by atoms with Crippen LogP contribution in [0, 0.1) is 0 Å². The van der Waals surface area contributed by atoms with Crippen molar-refractivity contribution in [1.82, 2.24) is 0 Å². The van der Waals surface area contributed by atoms with Crippen LogP contribution in [0.4, 0.5) is 0 Å². The summed E-state index contributed by atoms with van der Waals surface area (Å²) in [5, 5.41) is -0.508. The quantitative estimate of drug-likeness (QED) is 0.482. The molecule has 0 bridgehead atoms. The summed E-state index contributed by atoms with van der Waals surface area (Å²) < 4.78 is 0. The Kier molecular flexibility index (Phi) is 12.3. The van der Waals surface area contributed by atoms with Crippen LogP contribution in [0.2, 0.25) is 0 Å². The molecule has 56 valence electrons. The fourth-order valence-corrected chi connectivity index (χ4v) is 0. The Balaban J connectivity index is 0. The second-order valence-electron chi connectivity index (χ2n) is 1.01. The molecule has 0 aromatic rings. The van der Waals surface area contributed by atoms with Crippen molar-refractivity contribution in [3.8, 4) is 0 Å². The van der Waals surface area contributed by atoms with Crippen molar-refractivity contribution >= 4 is 51.6 Å². The Hall–Kier alpha value is 0.830. The average molecular weight is 212 g/mol. The van der Waals surface area contributed by atoms with Crippen LogP contribution in [0.1, 0.15) is 6.92 Å². The molecule has 5 heteroatoms. The largest absolute Gasteiger partial charge is 0.280 e. The first-order valence-corrected chi connectivity index (χ1v) is 3.81. The number of carbonyl (C=O) groups is 1. The molecule has 0 aliphatic carbocycles. The Bertz CT molecular complexity index is 70.2. The third-order valence-electron chi connectivity index (χ3n) is 0.105. The summed E-state index contributed by atoms with van der Waals surface area (Å²) in [4.78, 5) is 9.22. The summed E-state index contributed by atoms with van der Waals surface area (Å²) in [6.45, 7) is 1.70. The van der Waals surface area contributed by atoms with E-state index in [2.05, 4.69) is 0 Å². The van der Waals surface area contributed by atoms with Crippen molar-refractivity contribution in [2.75, 3.05) is 5.88 Å². The first-order valence-electron chi connectivity index (χ1n) is 2.03. The number of carbonyl (C=O) groups excluding carboxylic acids is 1. The van der Waals surface area contributed by atoms with Gasteiger partial charge in [-0.1, -0.05) is 0 Å². The van der Waals surface area contributed by atoms with E-state index in [1.54, 1.807) is 6.92 Å². The van der Waals surface area contributed by atoms with Gasteiger partial charge in [0.15, 0.2) is 0 Å². The van der Waals surface area contributed by atoms with E-state index in [1.165, 1.54) is 0 Å². The molecule has 0 saturated carbocycles. The predicted octanol–water partition coefficient (Wildman–Crippen LogP) is 2.80. The van der Waals surface area contributed by atoms with E-state index in [0.29, 0.717) is 0 Å². The number of hydrogen-bond acceptors (Lipinski definition) is 1. The van der Waals surface area contributed by atoms with Crippen LogP contribution in [-0.2, 0) is 4.79 Å². The SMILES string of the molecule is CC(Cl)Cl.O=C(Cl)CCl. The lowest BCUT2D eigenvalue weighted by Gasteiger charge is -1.72. The molecule has 0 spiro atoms. The highest BCUT2D eigenvalue weighted by Crippen LogP contribution is 1.95. The van der Waals surface area contributed by atoms with E-state index < -0.39 is 5.24 Å². The van der Waals surface area contributed by atoms with Gasteiger partial charge in [0.2, 0.25) is 5.24 Å². The summed E-state index contributed by atoms with van der Waals surface area (Å²) in [5.74, 6) is -0.0957. The van der Waals surface area contributed by atoms with Gasteiger partial charge in [-0.05, 0) is 18.5 Å². The van der Waals surface area contributed by atoms with E-state index >= 15 is 0 Å². The van der Waals surface area contributed by atoms with Gasteiger partial charge in [-0.3, -0.25) is 4.79 Å². The molecule has 0 radical (unpaired) electrons. The van der Waals surface area contributed by atoms with E-state index in [4.69, 9.17) is 46.4 Å². The molecule has 0 amide bonds. The second-order valence-corrected chi connectivity index (χ2v) is 3.23. The molecule has 0 aromatic heterocycles. The van der Waals surface area contributed by atoms with Crippen LogP contribution in [0.25, 0.3) is 0 Å². The van der Waals surface area contributed by atoms with E-state index in [9.17, 15) is 4.79 Å². The number of alkyl halides is 3. The molecule has 0 unspecified atom stereocenters. The Labute approximate surface area is 74.2 Å². The van der Waals surface area contributed by atoms with Gasteiger partial charge in [-0.15, -0.1) is 34.8 Å². The van der Waals surface area contributed by atoms with Crippen molar-refractivity contribution in [3.05, 3.63) is 0 Å². The van der Waals surface area contributed by atoms with Gasteiger partial charge in [-0.25, -0.2) is 0 Å². The third kappa shape index (κ3) is 51.4. The van der Waals surface area contributed by atoms with E-state index in [1.807, 2.05) is 0 Å². The summed E-state index contributed by atoms with van der Waals surface area (Å²) >= 11 is 19.6. The molecule has 0 rings (SSSR count). The van der Waals surface area contributed by atoms with Gasteiger partial charge in [0.25, 0.3) is 0 Å². The fraction of sp³-hybridized carbons (Fsp3) is 0.750. The van der Waals surface area contributed by atoms with Crippen LogP contribution in [0.5, 0.6) is 0 Å². The molecule has 0 aliphatic heterocycles. The molecule has 0 fully saturated rings. The lowest BCUT2D eigenvalue weighted by Crippen LogP contribution is -1.81. The molecule has 0 heterocycles. The van der Waals surface area contributed by atoms with Crippen molar-refractivity contribution in [2.24, 2.45) is 0 Å². The molecule has 0 saturated heterocycles. The minimum absolute atomic E-state index is 0.0957. The zero-order chi connectivity index (χ0) is 7.86. The first kappa shape index (κ1) is 12.5. The van der Waals surface area contributed by atoms with Gasteiger partial charge in [0, 0.05) is 0 Å². The van der Waals surface area contributed by atoms with Crippen LogP contribution < -0.4 is 0 Å². The average Bonchev–Trinajstić information content (AvgIpc) is 1.65. The standard InChI is InChI=1S/C2H2Cl2O.C2H4Cl2/c3-1-2(4)5;1-2(3)4/h1H2;2H,1H3.